The highest BCUT2D eigenvalue weighted by Crippen LogP contribution is 2.27. The standard InChI is InChI=1S/C24H26N2O3S/c1-18(19-8-3-2-4-9-19)25-24(27)22-12-7-15-26(17-22)30(28,29)23-14-13-20-10-5-6-11-21(20)16-23/h2-6,8-11,13-14,16,18,22H,7,12,15,17H2,1H3,(H,25,27)/t18-,22+/m0/s1. The maximum atomic E-state index is 13.2. The van der Waals surface area contributed by atoms with Gasteiger partial charge >= 0.3 is 0 Å². The maximum Gasteiger partial charge on any atom is 0.243 e. The molecule has 6 heteroatoms. The van der Waals surface area contributed by atoms with Gasteiger partial charge in [0.05, 0.1) is 16.9 Å². The third kappa shape index (κ3) is 4.25. The number of piperidine rings is 1. The number of amides is 1. The molecule has 1 heterocycles. The molecular weight excluding hydrogens is 396 g/mol. The lowest BCUT2D eigenvalue weighted by Crippen LogP contribution is -2.45. The Morgan fingerprint density at radius 2 is 1.70 bits per heavy atom. The second-order valence-corrected chi connectivity index (χ2v) is 9.79. The van der Waals surface area contributed by atoms with Gasteiger partial charge in [-0.15, -0.1) is 0 Å². The van der Waals surface area contributed by atoms with Crippen molar-refractivity contribution in [3.8, 4) is 0 Å². The molecule has 0 unspecified atom stereocenters. The molecule has 1 amide bonds. The second kappa shape index (κ2) is 8.58. The van der Waals surface area contributed by atoms with Crippen molar-refractivity contribution in [2.75, 3.05) is 13.1 Å². The fourth-order valence-electron chi connectivity index (χ4n) is 4.01. The van der Waals surface area contributed by atoms with Crippen LogP contribution in [0.3, 0.4) is 0 Å². The number of nitrogens with zero attached hydrogens (tertiary/aromatic N) is 1. The van der Waals surface area contributed by atoms with Crippen LogP contribution >= 0.6 is 0 Å². The number of sulfonamides is 1. The SMILES string of the molecule is C[C@H](NC(=O)[C@@H]1CCCN(S(=O)(=O)c2ccc3ccccc3c2)C1)c1ccccc1. The molecule has 0 radical (unpaired) electrons. The Bertz CT molecular complexity index is 1150. The molecule has 0 aliphatic carbocycles. The molecule has 1 aliphatic heterocycles. The first kappa shape index (κ1) is 20.6. The zero-order chi connectivity index (χ0) is 21.1. The number of rotatable bonds is 5. The van der Waals surface area contributed by atoms with Crippen molar-refractivity contribution in [2.45, 2.75) is 30.7 Å². The molecule has 5 nitrogen and oxygen atoms in total. The van der Waals surface area contributed by atoms with Gasteiger partial charge in [-0.2, -0.15) is 4.31 Å². The van der Waals surface area contributed by atoms with Crippen LogP contribution in [0, 0.1) is 5.92 Å². The molecule has 0 bridgehead atoms. The number of carbonyl (C=O) groups excluding carboxylic acids is 1. The van der Waals surface area contributed by atoms with Crippen LogP contribution in [0.2, 0.25) is 0 Å². The Labute approximate surface area is 177 Å². The van der Waals surface area contributed by atoms with E-state index in [4.69, 9.17) is 0 Å². The van der Waals surface area contributed by atoms with Crippen molar-refractivity contribution in [1.29, 1.82) is 0 Å². The predicted molar refractivity (Wildman–Crippen MR) is 118 cm³/mol. The van der Waals surface area contributed by atoms with Crippen LogP contribution in [0.15, 0.2) is 77.7 Å². The molecule has 1 aliphatic rings. The van der Waals surface area contributed by atoms with Gasteiger partial charge in [0.15, 0.2) is 0 Å². The van der Waals surface area contributed by atoms with E-state index >= 15 is 0 Å². The lowest BCUT2D eigenvalue weighted by atomic mass is 9.98. The van der Waals surface area contributed by atoms with Crippen LogP contribution < -0.4 is 5.32 Å². The van der Waals surface area contributed by atoms with E-state index in [9.17, 15) is 13.2 Å². The first-order chi connectivity index (χ1) is 14.4. The minimum absolute atomic E-state index is 0.0928. The molecule has 1 fully saturated rings. The van der Waals surface area contributed by atoms with Crippen molar-refractivity contribution >= 4 is 26.7 Å². The fourth-order valence-corrected chi connectivity index (χ4v) is 5.57. The number of benzene rings is 3. The van der Waals surface area contributed by atoms with Gasteiger partial charge in [0.25, 0.3) is 0 Å². The van der Waals surface area contributed by atoms with E-state index in [-0.39, 0.29) is 29.3 Å². The van der Waals surface area contributed by atoms with Gasteiger partial charge in [0, 0.05) is 13.1 Å². The van der Waals surface area contributed by atoms with Crippen LogP contribution in [0.4, 0.5) is 0 Å². The minimum atomic E-state index is -3.65. The van der Waals surface area contributed by atoms with E-state index in [1.54, 1.807) is 12.1 Å². The van der Waals surface area contributed by atoms with E-state index < -0.39 is 10.0 Å². The van der Waals surface area contributed by atoms with Crippen LogP contribution in [0.25, 0.3) is 10.8 Å². The molecule has 3 aromatic carbocycles. The Hall–Kier alpha value is -2.70. The second-order valence-electron chi connectivity index (χ2n) is 7.85. The molecule has 1 N–H and O–H groups in total. The van der Waals surface area contributed by atoms with Crippen molar-refractivity contribution in [2.24, 2.45) is 5.92 Å². The molecule has 3 aromatic rings. The number of carbonyl (C=O) groups is 1. The van der Waals surface area contributed by atoms with Crippen molar-refractivity contribution in [1.82, 2.24) is 9.62 Å². The molecular formula is C24H26N2O3S. The average molecular weight is 423 g/mol. The van der Waals surface area contributed by atoms with Gasteiger partial charge in [-0.05, 0) is 48.2 Å². The quantitative estimate of drug-likeness (QED) is 0.673. The fraction of sp³-hybridized carbons (Fsp3) is 0.292. The van der Waals surface area contributed by atoms with Crippen molar-refractivity contribution in [3.05, 3.63) is 78.4 Å². The summed E-state index contributed by atoms with van der Waals surface area (Å²) in [5, 5.41) is 4.93. The number of hydrogen-bond donors (Lipinski definition) is 1. The van der Waals surface area contributed by atoms with E-state index in [1.807, 2.05) is 67.6 Å². The summed E-state index contributed by atoms with van der Waals surface area (Å²) in [5.41, 5.74) is 1.03. The number of fused-ring (bicyclic) bond motifs is 1. The van der Waals surface area contributed by atoms with E-state index in [2.05, 4.69) is 5.32 Å². The van der Waals surface area contributed by atoms with Crippen LogP contribution in [-0.2, 0) is 14.8 Å². The van der Waals surface area contributed by atoms with Crippen LogP contribution in [0.5, 0.6) is 0 Å². The van der Waals surface area contributed by atoms with Crippen LogP contribution in [-0.4, -0.2) is 31.7 Å². The van der Waals surface area contributed by atoms with E-state index in [0.29, 0.717) is 19.4 Å². The highest BCUT2D eigenvalue weighted by Gasteiger charge is 2.33. The summed E-state index contributed by atoms with van der Waals surface area (Å²) in [6.07, 6.45) is 1.36. The monoisotopic (exact) mass is 422 g/mol. The molecule has 0 aromatic heterocycles. The van der Waals surface area contributed by atoms with E-state index in [0.717, 1.165) is 16.3 Å². The first-order valence-corrected chi connectivity index (χ1v) is 11.7. The average Bonchev–Trinajstić information content (AvgIpc) is 2.79. The molecule has 156 valence electrons. The van der Waals surface area contributed by atoms with Gasteiger partial charge in [-0.1, -0.05) is 60.7 Å². The molecule has 1 saturated heterocycles. The van der Waals surface area contributed by atoms with Crippen LogP contribution in [0.1, 0.15) is 31.4 Å². The molecule has 0 spiro atoms. The normalized spacial score (nSPS) is 18.8. The largest absolute Gasteiger partial charge is 0.349 e. The first-order valence-electron chi connectivity index (χ1n) is 10.3. The smallest absolute Gasteiger partial charge is 0.243 e. The highest BCUT2D eigenvalue weighted by molar-refractivity contribution is 7.89. The third-order valence-corrected chi connectivity index (χ3v) is 7.63. The number of nitrogens with one attached hydrogen (secondary N) is 1. The predicted octanol–water partition coefficient (Wildman–Crippen LogP) is 4.12. The lowest BCUT2D eigenvalue weighted by Gasteiger charge is -2.32. The van der Waals surface area contributed by atoms with Gasteiger partial charge in [0.1, 0.15) is 0 Å². The summed E-state index contributed by atoms with van der Waals surface area (Å²) < 4.78 is 27.9. The summed E-state index contributed by atoms with van der Waals surface area (Å²) in [4.78, 5) is 13.1. The Morgan fingerprint density at radius 1 is 1.00 bits per heavy atom. The molecule has 30 heavy (non-hydrogen) atoms. The molecule has 4 rings (SSSR count). The summed E-state index contributed by atoms with van der Waals surface area (Å²) in [5.74, 6) is -0.440. The zero-order valence-corrected chi connectivity index (χ0v) is 17.8. The summed E-state index contributed by atoms with van der Waals surface area (Å²) in [6.45, 7) is 2.59. The van der Waals surface area contributed by atoms with Gasteiger partial charge < -0.3 is 5.32 Å². The summed E-state index contributed by atoms with van der Waals surface area (Å²) in [6, 6.07) is 22.5. The van der Waals surface area contributed by atoms with Gasteiger partial charge in [0.2, 0.25) is 15.9 Å². The van der Waals surface area contributed by atoms with E-state index in [1.165, 1.54) is 4.31 Å². The zero-order valence-electron chi connectivity index (χ0n) is 17.0. The van der Waals surface area contributed by atoms with Gasteiger partial charge in [-0.25, -0.2) is 8.42 Å². The summed E-state index contributed by atoms with van der Waals surface area (Å²) >= 11 is 0. The number of hydrogen-bond acceptors (Lipinski definition) is 3. The van der Waals surface area contributed by atoms with Gasteiger partial charge in [-0.3, -0.25) is 4.79 Å². The Balaban J connectivity index is 1.49. The maximum absolute atomic E-state index is 13.2. The lowest BCUT2D eigenvalue weighted by molar-refractivity contribution is -0.126. The Morgan fingerprint density at radius 3 is 2.47 bits per heavy atom. The summed E-state index contributed by atoms with van der Waals surface area (Å²) in [7, 11) is -3.65. The molecule has 0 saturated carbocycles. The van der Waals surface area contributed by atoms with Crippen molar-refractivity contribution < 1.29 is 13.2 Å². The topological polar surface area (TPSA) is 66.5 Å². The van der Waals surface area contributed by atoms with Crippen molar-refractivity contribution in [3.63, 3.8) is 0 Å². The minimum Gasteiger partial charge on any atom is -0.349 e. The highest BCUT2D eigenvalue weighted by atomic mass is 32.2. The molecule has 2 atom stereocenters. The third-order valence-electron chi connectivity index (χ3n) is 5.77. The Kier molecular flexibility index (Phi) is 5.88.